The molecule has 0 amide bonds. The first kappa shape index (κ1) is 13.9. The lowest BCUT2D eigenvalue weighted by atomic mass is 9.95. The van der Waals surface area contributed by atoms with E-state index in [1.807, 2.05) is 24.3 Å². The molecule has 110 valence electrons. The molecule has 0 bridgehead atoms. The monoisotopic (exact) mass is 287 g/mol. The van der Waals surface area contributed by atoms with Crippen LogP contribution in [0.15, 0.2) is 36.4 Å². The summed E-state index contributed by atoms with van der Waals surface area (Å²) in [5, 5.41) is 0. The summed E-state index contributed by atoms with van der Waals surface area (Å²) in [6.07, 6.45) is 1.58. The molecule has 2 aromatic carbocycles. The van der Waals surface area contributed by atoms with Gasteiger partial charge in [0.15, 0.2) is 0 Å². The van der Waals surface area contributed by atoms with E-state index in [-0.39, 0.29) is 11.9 Å². The molecule has 0 saturated heterocycles. The van der Waals surface area contributed by atoms with E-state index in [2.05, 4.69) is 0 Å². The molecule has 2 aromatic rings. The predicted octanol–water partition coefficient (Wildman–Crippen LogP) is 3.15. The molecule has 0 aromatic heterocycles. The van der Waals surface area contributed by atoms with Gasteiger partial charge in [-0.25, -0.2) is 4.39 Å². The molecule has 1 atom stereocenters. The lowest BCUT2D eigenvalue weighted by Gasteiger charge is -2.27. The normalized spacial score (nSPS) is 17.0. The maximum absolute atomic E-state index is 13.9. The fraction of sp³-hybridized carbons (Fsp3) is 0.294. The summed E-state index contributed by atoms with van der Waals surface area (Å²) in [6, 6.07) is 10.6. The lowest BCUT2D eigenvalue weighted by molar-refractivity contribution is 0.182. The van der Waals surface area contributed by atoms with Crippen molar-refractivity contribution >= 4 is 0 Å². The van der Waals surface area contributed by atoms with Crippen molar-refractivity contribution in [2.75, 3.05) is 13.7 Å². The number of fused-ring (bicyclic) bond motifs is 1. The Labute approximate surface area is 123 Å². The van der Waals surface area contributed by atoms with E-state index in [1.165, 1.54) is 6.07 Å². The van der Waals surface area contributed by atoms with Crippen LogP contribution >= 0.6 is 0 Å². The SMILES string of the molecule is COc1ccccc1-c1cc(F)cc2c1O[C@@H](CN)CC2. The van der Waals surface area contributed by atoms with Crippen LogP contribution < -0.4 is 15.2 Å². The van der Waals surface area contributed by atoms with Gasteiger partial charge in [0.05, 0.1) is 7.11 Å². The second-order valence-electron chi connectivity index (χ2n) is 5.16. The minimum absolute atomic E-state index is 0.0172. The topological polar surface area (TPSA) is 44.5 Å². The molecule has 3 nitrogen and oxygen atoms in total. The van der Waals surface area contributed by atoms with Crippen molar-refractivity contribution in [3.8, 4) is 22.6 Å². The Kier molecular flexibility index (Phi) is 3.80. The Morgan fingerprint density at radius 2 is 2.10 bits per heavy atom. The van der Waals surface area contributed by atoms with Gasteiger partial charge in [0.25, 0.3) is 0 Å². The molecule has 21 heavy (non-hydrogen) atoms. The lowest BCUT2D eigenvalue weighted by Crippen LogP contribution is -2.30. The standard InChI is InChI=1S/C17H18FNO2/c1-20-16-5-3-2-4-14(16)15-9-12(18)8-11-6-7-13(10-19)21-17(11)15/h2-5,8-9,13H,6-7,10,19H2,1H3/t13-/m1/s1. The minimum Gasteiger partial charge on any atom is -0.496 e. The third-order valence-electron chi connectivity index (χ3n) is 3.81. The molecule has 3 rings (SSSR count). The highest BCUT2D eigenvalue weighted by Crippen LogP contribution is 2.41. The van der Waals surface area contributed by atoms with E-state index in [4.69, 9.17) is 15.2 Å². The van der Waals surface area contributed by atoms with Gasteiger partial charge in [-0.15, -0.1) is 0 Å². The van der Waals surface area contributed by atoms with Crippen molar-refractivity contribution in [1.82, 2.24) is 0 Å². The maximum atomic E-state index is 13.9. The molecule has 0 spiro atoms. The number of halogens is 1. The summed E-state index contributed by atoms with van der Waals surface area (Å²) in [7, 11) is 1.61. The summed E-state index contributed by atoms with van der Waals surface area (Å²) in [5.74, 6) is 1.16. The maximum Gasteiger partial charge on any atom is 0.131 e. The summed E-state index contributed by atoms with van der Waals surface area (Å²) in [4.78, 5) is 0. The summed E-state index contributed by atoms with van der Waals surface area (Å²) in [6.45, 7) is 0.460. The molecular weight excluding hydrogens is 269 g/mol. The van der Waals surface area contributed by atoms with E-state index < -0.39 is 0 Å². The molecule has 1 aliphatic heterocycles. The third kappa shape index (κ3) is 2.59. The second-order valence-corrected chi connectivity index (χ2v) is 5.16. The van der Waals surface area contributed by atoms with Gasteiger partial charge in [0.1, 0.15) is 23.4 Å². The number of methoxy groups -OCH3 is 1. The van der Waals surface area contributed by atoms with Crippen molar-refractivity contribution in [2.45, 2.75) is 18.9 Å². The number of ether oxygens (including phenoxy) is 2. The number of hydrogen-bond acceptors (Lipinski definition) is 3. The van der Waals surface area contributed by atoms with Crippen LogP contribution in [0.2, 0.25) is 0 Å². The van der Waals surface area contributed by atoms with Crippen LogP contribution in [-0.2, 0) is 6.42 Å². The average Bonchev–Trinajstić information content (AvgIpc) is 2.53. The fourth-order valence-corrected chi connectivity index (χ4v) is 2.75. The largest absolute Gasteiger partial charge is 0.496 e. The molecule has 2 N–H and O–H groups in total. The molecule has 0 aliphatic carbocycles. The fourth-order valence-electron chi connectivity index (χ4n) is 2.75. The molecule has 1 aliphatic rings. The zero-order chi connectivity index (χ0) is 14.8. The van der Waals surface area contributed by atoms with Gasteiger partial charge < -0.3 is 15.2 Å². The molecule has 1 heterocycles. The van der Waals surface area contributed by atoms with Gasteiger partial charge in [-0.1, -0.05) is 18.2 Å². The number of para-hydroxylation sites is 1. The first-order valence-corrected chi connectivity index (χ1v) is 7.05. The van der Waals surface area contributed by atoms with Crippen LogP contribution in [0.3, 0.4) is 0 Å². The quantitative estimate of drug-likeness (QED) is 0.943. The zero-order valence-corrected chi connectivity index (χ0v) is 11.9. The Balaban J connectivity index is 2.16. The molecular formula is C17H18FNO2. The van der Waals surface area contributed by atoms with E-state index in [9.17, 15) is 4.39 Å². The van der Waals surface area contributed by atoms with Crippen molar-refractivity contribution < 1.29 is 13.9 Å². The van der Waals surface area contributed by atoms with Crippen LogP contribution in [0.25, 0.3) is 11.1 Å². The van der Waals surface area contributed by atoms with E-state index in [0.29, 0.717) is 12.3 Å². The predicted molar refractivity (Wildman–Crippen MR) is 80.2 cm³/mol. The van der Waals surface area contributed by atoms with E-state index >= 15 is 0 Å². The van der Waals surface area contributed by atoms with Gasteiger partial charge in [-0.05, 0) is 36.6 Å². The van der Waals surface area contributed by atoms with Crippen LogP contribution in [0.5, 0.6) is 11.5 Å². The van der Waals surface area contributed by atoms with Crippen molar-refractivity contribution in [3.05, 3.63) is 47.8 Å². The number of rotatable bonds is 3. The Morgan fingerprint density at radius 3 is 2.86 bits per heavy atom. The number of benzene rings is 2. The van der Waals surface area contributed by atoms with Gasteiger partial charge in [-0.3, -0.25) is 0 Å². The van der Waals surface area contributed by atoms with Crippen molar-refractivity contribution in [2.24, 2.45) is 5.73 Å². The summed E-state index contributed by atoms with van der Waals surface area (Å²) < 4.78 is 25.3. The Bertz CT molecular complexity index is 657. The number of aryl methyl sites for hydroxylation is 1. The first-order valence-electron chi connectivity index (χ1n) is 7.05. The van der Waals surface area contributed by atoms with Gasteiger partial charge in [0, 0.05) is 17.7 Å². The van der Waals surface area contributed by atoms with Crippen molar-refractivity contribution in [1.29, 1.82) is 0 Å². The smallest absolute Gasteiger partial charge is 0.131 e. The van der Waals surface area contributed by atoms with Crippen LogP contribution in [0.1, 0.15) is 12.0 Å². The number of hydrogen-bond donors (Lipinski definition) is 1. The Hall–Kier alpha value is -2.07. The first-order chi connectivity index (χ1) is 10.2. The van der Waals surface area contributed by atoms with Crippen molar-refractivity contribution in [3.63, 3.8) is 0 Å². The van der Waals surface area contributed by atoms with Gasteiger partial charge >= 0.3 is 0 Å². The molecule has 4 heteroatoms. The summed E-state index contributed by atoms with van der Waals surface area (Å²) in [5.41, 5.74) is 8.15. The van der Waals surface area contributed by atoms with Crippen LogP contribution in [0.4, 0.5) is 4.39 Å². The second kappa shape index (κ2) is 5.74. The highest BCUT2D eigenvalue weighted by molar-refractivity contribution is 5.77. The van der Waals surface area contributed by atoms with Gasteiger partial charge in [0.2, 0.25) is 0 Å². The highest BCUT2D eigenvalue weighted by atomic mass is 19.1. The number of nitrogens with two attached hydrogens (primary N) is 1. The molecule has 0 radical (unpaired) electrons. The highest BCUT2D eigenvalue weighted by Gasteiger charge is 2.24. The molecule has 0 saturated carbocycles. The average molecular weight is 287 g/mol. The van der Waals surface area contributed by atoms with Crippen LogP contribution in [0, 0.1) is 5.82 Å². The third-order valence-corrected chi connectivity index (χ3v) is 3.81. The molecule has 0 unspecified atom stereocenters. The zero-order valence-electron chi connectivity index (χ0n) is 11.9. The van der Waals surface area contributed by atoms with E-state index in [0.717, 1.165) is 35.3 Å². The Morgan fingerprint density at radius 1 is 1.29 bits per heavy atom. The summed E-state index contributed by atoms with van der Waals surface area (Å²) >= 11 is 0. The van der Waals surface area contributed by atoms with Gasteiger partial charge in [-0.2, -0.15) is 0 Å². The van der Waals surface area contributed by atoms with E-state index in [1.54, 1.807) is 13.2 Å². The minimum atomic E-state index is -0.260. The van der Waals surface area contributed by atoms with Crippen LogP contribution in [-0.4, -0.2) is 19.8 Å². The molecule has 0 fully saturated rings.